The Morgan fingerprint density at radius 3 is 2.74 bits per heavy atom. The van der Waals surface area contributed by atoms with Gasteiger partial charge >= 0.3 is 0 Å². The Morgan fingerprint density at radius 2 is 2.16 bits per heavy atom. The quantitative estimate of drug-likeness (QED) is 0.859. The van der Waals surface area contributed by atoms with Crippen LogP contribution < -0.4 is 5.32 Å². The lowest BCUT2D eigenvalue weighted by Gasteiger charge is -2.15. The van der Waals surface area contributed by atoms with Crippen LogP contribution in [-0.2, 0) is 19.4 Å². The molecule has 0 aliphatic rings. The van der Waals surface area contributed by atoms with Crippen LogP contribution in [0, 0.1) is 0 Å². The smallest absolute Gasteiger partial charge is 0.0759 e. The van der Waals surface area contributed by atoms with E-state index in [4.69, 9.17) is 0 Å². The van der Waals surface area contributed by atoms with E-state index in [2.05, 4.69) is 45.0 Å². The third kappa shape index (κ3) is 3.17. The fourth-order valence-electron chi connectivity index (χ4n) is 2.18. The summed E-state index contributed by atoms with van der Waals surface area (Å²) in [5.41, 5.74) is 3.35. The number of likely N-dealkylation sites (N-methyl/N-ethyl adjacent to an activating group) is 1. The SMILES string of the molecule is CCc1cc(CC(NC)c2cnccn2)n(CC)n1. The van der Waals surface area contributed by atoms with Gasteiger partial charge in [0, 0.05) is 37.3 Å². The first-order valence-corrected chi connectivity index (χ1v) is 6.77. The van der Waals surface area contributed by atoms with Gasteiger partial charge in [0.05, 0.1) is 17.4 Å². The number of rotatable bonds is 6. The first-order chi connectivity index (χ1) is 9.28. The fourth-order valence-corrected chi connectivity index (χ4v) is 2.18. The zero-order chi connectivity index (χ0) is 13.7. The summed E-state index contributed by atoms with van der Waals surface area (Å²) in [5, 5.41) is 7.88. The molecule has 0 saturated carbocycles. The van der Waals surface area contributed by atoms with Crippen molar-refractivity contribution >= 4 is 0 Å². The van der Waals surface area contributed by atoms with Crippen LogP contribution in [0.5, 0.6) is 0 Å². The van der Waals surface area contributed by atoms with Crippen molar-refractivity contribution < 1.29 is 0 Å². The van der Waals surface area contributed by atoms with Crippen molar-refractivity contribution in [3.05, 3.63) is 41.7 Å². The molecule has 1 unspecified atom stereocenters. The average Bonchev–Trinajstić information content (AvgIpc) is 2.87. The Morgan fingerprint density at radius 1 is 1.32 bits per heavy atom. The lowest BCUT2D eigenvalue weighted by atomic mass is 10.1. The van der Waals surface area contributed by atoms with Gasteiger partial charge < -0.3 is 5.32 Å². The molecule has 1 N–H and O–H groups in total. The second kappa shape index (κ2) is 6.43. The topological polar surface area (TPSA) is 55.6 Å². The summed E-state index contributed by atoms with van der Waals surface area (Å²) < 4.78 is 2.07. The van der Waals surface area contributed by atoms with Crippen molar-refractivity contribution in [2.75, 3.05) is 7.05 Å². The predicted molar refractivity (Wildman–Crippen MR) is 74.8 cm³/mol. The second-order valence-corrected chi connectivity index (χ2v) is 4.47. The number of aromatic nitrogens is 4. The van der Waals surface area contributed by atoms with E-state index >= 15 is 0 Å². The maximum atomic E-state index is 4.58. The number of aryl methyl sites for hydroxylation is 2. The highest BCUT2D eigenvalue weighted by molar-refractivity contribution is 5.15. The maximum absolute atomic E-state index is 4.58. The minimum atomic E-state index is 0.167. The third-order valence-electron chi connectivity index (χ3n) is 3.28. The van der Waals surface area contributed by atoms with Gasteiger partial charge in [0.15, 0.2) is 0 Å². The van der Waals surface area contributed by atoms with Crippen LogP contribution in [-0.4, -0.2) is 26.8 Å². The highest BCUT2D eigenvalue weighted by Crippen LogP contribution is 2.16. The summed E-state index contributed by atoms with van der Waals surface area (Å²) in [6.45, 7) is 5.14. The molecule has 0 saturated heterocycles. The molecule has 5 heteroatoms. The van der Waals surface area contributed by atoms with Crippen molar-refractivity contribution in [1.29, 1.82) is 0 Å². The Hall–Kier alpha value is -1.75. The summed E-state index contributed by atoms with van der Waals surface area (Å²) in [6.07, 6.45) is 7.08. The molecule has 2 heterocycles. The molecule has 2 rings (SSSR count). The molecule has 0 radical (unpaired) electrons. The normalized spacial score (nSPS) is 12.6. The van der Waals surface area contributed by atoms with E-state index in [0.29, 0.717) is 0 Å². The van der Waals surface area contributed by atoms with Crippen LogP contribution in [0.1, 0.15) is 37.0 Å². The number of hydrogen-bond acceptors (Lipinski definition) is 4. The van der Waals surface area contributed by atoms with E-state index in [1.54, 1.807) is 12.4 Å². The molecule has 0 aliphatic heterocycles. The lowest BCUT2D eigenvalue weighted by molar-refractivity contribution is 0.529. The summed E-state index contributed by atoms with van der Waals surface area (Å²) in [5.74, 6) is 0. The molecule has 0 amide bonds. The second-order valence-electron chi connectivity index (χ2n) is 4.47. The van der Waals surface area contributed by atoms with E-state index in [0.717, 1.165) is 30.8 Å². The standard InChI is InChI=1S/C14H21N5/c1-4-11-8-12(19(5-2)18-11)9-13(15-3)14-10-16-6-7-17-14/h6-8,10,13,15H,4-5,9H2,1-3H3. The van der Waals surface area contributed by atoms with Gasteiger partial charge in [-0.3, -0.25) is 14.6 Å². The lowest BCUT2D eigenvalue weighted by Crippen LogP contribution is -2.21. The third-order valence-corrected chi connectivity index (χ3v) is 3.28. The van der Waals surface area contributed by atoms with E-state index in [-0.39, 0.29) is 6.04 Å². The van der Waals surface area contributed by atoms with E-state index in [1.807, 2.05) is 13.2 Å². The Labute approximate surface area is 114 Å². The van der Waals surface area contributed by atoms with Crippen LogP contribution in [0.4, 0.5) is 0 Å². The van der Waals surface area contributed by atoms with Crippen LogP contribution in [0.3, 0.4) is 0 Å². The molecular weight excluding hydrogens is 238 g/mol. The van der Waals surface area contributed by atoms with Gasteiger partial charge in [-0.05, 0) is 26.5 Å². The zero-order valence-corrected chi connectivity index (χ0v) is 11.8. The molecule has 0 aliphatic carbocycles. The van der Waals surface area contributed by atoms with Crippen molar-refractivity contribution in [2.24, 2.45) is 0 Å². The molecule has 2 aromatic heterocycles. The Kier molecular flexibility index (Phi) is 4.63. The number of nitrogens with one attached hydrogen (secondary N) is 1. The summed E-state index contributed by atoms with van der Waals surface area (Å²) >= 11 is 0. The molecule has 0 bridgehead atoms. The highest BCUT2D eigenvalue weighted by atomic mass is 15.3. The molecule has 0 spiro atoms. The van der Waals surface area contributed by atoms with Gasteiger partial charge in [-0.1, -0.05) is 6.92 Å². The molecule has 102 valence electrons. The van der Waals surface area contributed by atoms with E-state index in [9.17, 15) is 0 Å². The molecule has 2 aromatic rings. The van der Waals surface area contributed by atoms with Gasteiger partial charge in [0.1, 0.15) is 0 Å². The monoisotopic (exact) mass is 259 g/mol. The minimum absolute atomic E-state index is 0.167. The predicted octanol–water partition coefficient (Wildman–Crippen LogP) is 1.76. The first kappa shape index (κ1) is 13.7. The van der Waals surface area contributed by atoms with Crippen LogP contribution >= 0.6 is 0 Å². The van der Waals surface area contributed by atoms with Gasteiger partial charge in [-0.15, -0.1) is 0 Å². The number of hydrogen-bond donors (Lipinski definition) is 1. The van der Waals surface area contributed by atoms with Gasteiger partial charge in [-0.25, -0.2) is 0 Å². The summed E-state index contributed by atoms with van der Waals surface area (Å²) in [6, 6.07) is 2.35. The Bertz CT molecular complexity index is 506. The maximum Gasteiger partial charge on any atom is 0.0759 e. The van der Waals surface area contributed by atoms with Crippen molar-refractivity contribution in [1.82, 2.24) is 25.1 Å². The average molecular weight is 259 g/mol. The Balaban J connectivity index is 2.21. The molecule has 0 aromatic carbocycles. The van der Waals surface area contributed by atoms with Gasteiger partial charge in [0.25, 0.3) is 0 Å². The molecule has 1 atom stereocenters. The summed E-state index contributed by atoms with van der Waals surface area (Å²) in [7, 11) is 1.95. The minimum Gasteiger partial charge on any atom is -0.311 e. The molecule has 0 fully saturated rings. The van der Waals surface area contributed by atoms with Crippen molar-refractivity contribution in [3.8, 4) is 0 Å². The molecule has 5 nitrogen and oxygen atoms in total. The molecular formula is C14H21N5. The zero-order valence-electron chi connectivity index (χ0n) is 11.8. The van der Waals surface area contributed by atoms with Crippen LogP contribution in [0.2, 0.25) is 0 Å². The first-order valence-electron chi connectivity index (χ1n) is 6.77. The van der Waals surface area contributed by atoms with Gasteiger partial charge in [0.2, 0.25) is 0 Å². The fraction of sp³-hybridized carbons (Fsp3) is 0.500. The van der Waals surface area contributed by atoms with E-state index < -0.39 is 0 Å². The number of nitrogens with zero attached hydrogens (tertiary/aromatic N) is 4. The van der Waals surface area contributed by atoms with Crippen molar-refractivity contribution in [3.63, 3.8) is 0 Å². The van der Waals surface area contributed by atoms with Crippen LogP contribution in [0.25, 0.3) is 0 Å². The van der Waals surface area contributed by atoms with E-state index in [1.165, 1.54) is 5.69 Å². The summed E-state index contributed by atoms with van der Waals surface area (Å²) in [4.78, 5) is 8.51. The van der Waals surface area contributed by atoms with Crippen molar-refractivity contribution in [2.45, 2.75) is 39.3 Å². The van der Waals surface area contributed by atoms with Crippen LogP contribution in [0.15, 0.2) is 24.7 Å². The molecule has 19 heavy (non-hydrogen) atoms. The van der Waals surface area contributed by atoms with Gasteiger partial charge in [-0.2, -0.15) is 5.10 Å². The highest BCUT2D eigenvalue weighted by Gasteiger charge is 2.15. The largest absolute Gasteiger partial charge is 0.311 e.